The van der Waals surface area contributed by atoms with Gasteiger partial charge in [-0.1, -0.05) is 90.4 Å². The summed E-state index contributed by atoms with van der Waals surface area (Å²) in [5, 5.41) is 0.838. The van der Waals surface area contributed by atoms with Crippen LogP contribution in [0.4, 0.5) is 0 Å². The van der Waals surface area contributed by atoms with Crippen LogP contribution < -0.4 is 9.47 Å². The summed E-state index contributed by atoms with van der Waals surface area (Å²) in [6.45, 7) is 2.04. The van der Waals surface area contributed by atoms with Crippen LogP contribution in [0.2, 0.25) is 0 Å². The first-order valence-electron chi connectivity index (χ1n) is 6.85. The minimum absolute atomic E-state index is 0.838. The van der Waals surface area contributed by atoms with Crippen LogP contribution in [0.25, 0.3) is 0 Å². The maximum Gasteiger partial charge on any atom is 0.266 e. The van der Waals surface area contributed by atoms with Crippen LogP contribution >= 0.6 is 78.3 Å². The molecule has 2 rings (SSSR count). The lowest BCUT2D eigenvalue weighted by atomic mass is 10.2. The highest BCUT2D eigenvalue weighted by Gasteiger charge is 2.11. The third-order valence-corrected chi connectivity index (χ3v) is 4.00. The molecule has 0 aliphatic rings. The highest BCUT2D eigenvalue weighted by molar-refractivity contribution is 9.10. The molecular formula is C17H18Br2Cl4O2. The second-order valence-corrected chi connectivity index (χ2v) is 9.38. The maximum atomic E-state index is 5.07. The predicted molar refractivity (Wildman–Crippen MR) is 117 cm³/mol. The van der Waals surface area contributed by atoms with E-state index in [0.29, 0.717) is 0 Å². The molecule has 2 aromatic rings. The van der Waals surface area contributed by atoms with E-state index in [1.54, 1.807) is 14.2 Å². The van der Waals surface area contributed by atoms with Gasteiger partial charge in [0.05, 0.1) is 14.2 Å². The smallest absolute Gasteiger partial charge is 0.266 e. The summed E-state index contributed by atoms with van der Waals surface area (Å²) in [5.74, 6) is 1.82. The van der Waals surface area contributed by atoms with E-state index in [1.807, 2.05) is 49.4 Å². The molecule has 0 saturated heterocycles. The lowest BCUT2D eigenvalue weighted by Gasteiger charge is -2.03. The van der Waals surface area contributed by atoms with Crippen molar-refractivity contribution in [2.45, 2.75) is 15.5 Å². The first-order chi connectivity index (χ1) is 11.6. The monoisotopic (exact) mass is 552 g/mol. The molecule has 0 spiro atoms. The number of benzene rings is 2. The van der Waals surface area contributed by atoms with Crippen molar-refractivity contribution in [1.29, 1.82) is 0 Å². The molecule has 25 heavy (non-hydrogen) atoms. The molecule has 0 fully saturated rings. The number of methoxy groups -OCH3 is 2. The molecule has 2 nitrogen and oxygen atoms in total. The number of hydrogen-bond donors (Lipinski definition) is 0. The molecule has 0 aromatic heterocycles. The molecule has 140 valence electrons. The first-order valence-corrected chi connectivity index (χ1v) is 10.3. The summed E-state index contributed by atoms with van der Waals surface area (Å²) >= 11 is 26.1. The van der Waals surface area contributed by atoms with Gasteiger partial charge in [0.25, 0.3) is 3.25 Å². The molecule has 8 heteroatoms. The quantitative estimate of drug-likeness (QED) is 0.358. The van der Waals surface area contributed by atoms with Crippen LogP contribution in [0.1, 0.15) is 11.1 Å². The minimum atomic E-state index is -1.61. The lowest BCUT2D eigenvalue weighted by Crippen LogP contribution is -1.85. The van der Waals surface area contributed by atoms with Crippen molar-refractivity contribution in [2.24, 2.45) is 0 Å². The van der Waals surface area contributed by atoms with Gasteiger partial charge in [0.15, 0.2) is 0 Å². The Bertz CT molecular complexity index is 628. The molecule has 0 aliphatic carbocycles. The molecule has 0 unspecified atom stereocenters. The molecule has 0 aliphatic heterocycles. The van der Waals surface area contributed by atoms with E-state index in [4.69, 9.17) is 55.9 Å². The summed E-state index contributed by atoms with van der Waals surface area (Å²) in [6.07, 6.45) is 0. The fourth-order valence-corrected chi connectivity index (χ4v) is 2.75. The van der Waals surface area contributed by atoms with Gasteiger partial charge in [-0.3, -0.25) is 0 Å². The van der Waals surface area contributed by atoms with Gasteiger partial charge in [0, 0.05) is 9.80 Å². The van der Waals surface area contributed by atoms with Crippen molar-refractivity contribution in [1.82, 2.24) is 0 Å². The van der Waals surface area contributed by atoms with E-state index in [0.717, 1.165) is 21.3 Å². The molecule has 0 N–H and O–H groups in total. The van der Waals surface area contributed by atoms with Crippen molar-refractivity contribution in [3.63, 3.8) is 0 Å². The summed E-state index contributed by atoms with van der Waals surface area (Å²) in [4.78, 5) is 0. The van der Waals surface area contributed by atoms with Crippen molar-refractivity contribution >= 4 is 78.3 Å². The Kier molecular flexibility index (Phi) is 13.4. The molecule has 0 saturated carbocycles. The number of hydrogen-bond acceptors (Lipinski definition) is 2. The van der Waals surface area contributed by atoms with E-state index in [2.05, 4.69) is 31.9 Å². The van der Waals surface area contributed by atoms with Crippen LogP contribution in [0.15, 0.2) is 46.9 Å². The maximum absolute atomic E-state index is 5.07. The van der Waals surface area contributed by atoms with Crippen LogP contribution in [-0.4, -0.2) is 17.5 Å². The van der Waals surface area contributed by atoms with Crippen molar-refractivity contribution < 1.29 is 9.47 Å². The minimum Gasteiger partial charge on any atom is -0.497 e. The Balaban J connectivity index is 0.000000372. The predicted octanol–water partition coefficient (Wildman–Crippen LogP) is 7.91. The van der Waals surface area contributed by atoms with Gasteiger partial charge in [0.2, 0.25) is 0 Å². The van der Waals surface area contributed by atoms with Gasteiger partial charge in [-0.15, -0.1) is 0 Å². The number of halogens is 6. The van der Waals surface area contributed by atoms with E-state index < -0.39 is 3.25 Å². The zero-order valence-corrected chi connectivity index (χ0v) is 20.0. The molecule has 0 atom stereocenters. The van der Waals surface area contributed by atoms with Gasteiger partial charge < -0.3 is 9.47 Å². The van der Waals surface area contributed by atoms with Crippen molar-refractivity contribution in [2.75, 3.05) is 14.2 Å². The third kappa shape index (κ3) is 14.0. The number of aryl methyl sites for hydroxylation is 1. The molecule has 0 radical (unpaired) electrons. The standard InChI is InChI=1S/C8H8Br2O.C8H10O.CCl4/c1-11-7-2-3-8(10)6(4-7)5-9;1-7-4-3-5-8(6-7)9-2;2-1(3,4)5/h2-4H,5H2,1H3;3-6H,1-2H3;. The normalized spacial score (nSPS) is 9.96. The largest absolute Gasteiger partial charge is 0.497 e. The average molecular weight is 556 g/mol. The Morgan fingerprint density at radius 3 is 1.84 bits per heavy atom. The third-order valence-electron chi connectivity index (χ3n) is 2.62. The topological polar surface area (TPSA) is 18.5 Å². The molecule has 0 amide bonds. The Morgan fingerprint density at radius 2 is 1.44 bits per heavy atom. The first kappa shape index (κ1) is 25.2. The summed E-state index contributed by atoms with van der Waals surface area (Å²) in [6, 6.07) is 13.9. The highest BCUT2D eigenvalue weighted by Crippen LogP contribution is 2.29. The lowest BCUT2D eigenvalue weighted by molar-refractivity contribution is 0.414. The van der Waals surface area contributed by atoms with Crippen molar-refractivity contribution in [3.05, 3.63) is 58.1 Å². The van der Waals surface area contributed by atoms with Gasteiger partial charge in [-0.05, 0) is 48.4 Å². The van der Waals surface area contributed by atoms with Gasteiger partial charge in [-0.25, -0.2) is 0 Å². The second kappa shape index (κ2) is 13.3. The van der Waals surface area contributed by atoms with Gasteiger partial charge in [0.1, 0.15) is 11.5 Å². The Morgan fingerprint density at radius 1 is 0.920 bits per heavy atom. The fourth-order valence-electron chi connectivity index (χ4n) is 1.52. The SMILES string of the molecule is COc1ccc(Br)c(CBr)c1.COc1cccc(C)c1.ClC(Cl)(Cl)Cl. The van der Waals surface area contributed by atoms with Crippen LogP contribution in [0.5, 0.6) is 11.5 Å². The second-order valence-electron chi connectivity index (χ2n) is 4.54. The number of alkyl halides is 5. The number of ether oxygens (including phenoxy) is 2. The van der Waals surface area contributed by atoms with Crippen LogP contribution in [-0.2, 0) is 5.33 Å². The zero-order chi connectivity index (χ0) is 19.5. The van der Waals surface area contributed by atoms with Crippen molar-refractivity contribution in [3.8, 4) is 11.5 Å². The Hall–Kier alpha value is 0.160. The molecule has 2 aromatic carbocycles. The van der Waals surface area contributed by atoms with E-state index >= 15 is 0 Å². The molecule has 0 bridgehead atoms. The van der Waals surface area contributed by atoms with Gasteiger partial charge in [-0.2, -0.15) is 0 Å². The average Bonchev–Trinajstić information content (AvgIpc) is 2.54. The number of rotatable bonds is 3. The Labute approximate surface area is 186 Å². The van der Waals surface area contributed by atoms with E-state index in [-0.39, 0.29) is 0 Å². The van der Waals surface area contributed by atoms with Crippen LogP contribution in [0, 0.1) is 6.92 Å². The van der Waals surface area contributed by atoms with E-state index in [9.17, 15) is 0 Å². The highest BCUT2D eigenvalue weighted by atomic mass is 79.9. The molecular weight excluding hydrogens is 538 g/mol. The molecule has 0 heterocycles. The summed E-state index contributed by atoms with van der Waals surface area (Å²) < 4.78 is 9.56. The zero-order valence-electron chi connectivity index (χ0n) is 13.8. The fraction of sp³-hybridized carbons (Fsp3) is 0.294. The summed E-state index contributed by atoms with van der Waals surface area (Å²) in [7, 11) is 3.34. The van der Waals surface area contributed by atoms with Gasteiger partial charge >= 0.3 is 0 Å². The van der Waals surface area contributed by atoms with Crippen LogP contribution in [0.3, 0.4) is 0 Å². The van der Waals surface area contributed by atoms with E-state index in [1.165, 1.54) is 11.1 Å². The summed E-state index contributed by atoms with van der Waals surface area (Å²) in [5.41, 5.74) is 2.43.